The second-order valence-electron chi connectivity index (χ2n) is 11.0. The molecule has 5 rings (SSSR count). The molecule has 40 heavy (non-hydrogen) atoms. The topological polar surface area (TPSA) is 99.7 Å². The Morgan fingerprint density at radius 1 is 0.975 bits per heavy atom. The summed E-state index contributed by atoms with van der Waals surface area (Å²) in [4.78, 5) is 35.9. The van der Waals surface area contributed by atoms with Crippen LogP contribution in [0.2, 0.25) is 0 Å². The van der Waals surface area contributed by atoms with E-state index in [0.717, 1.165) is 31.7 Å². The highest BCUT2D eigenvalue weighted by Crippen LogP contribution is 2.38. The number of hydrogen-bond acceptors (Lipinski definition) is 7. The first-order valence-electron chi connectivity index (χ1n) is 13.8. The van der Waals surface area contributed by atoms with E-state index < -0.39 is 15.3 Å². The van der Waals surface area contributed by atoms with Crippen LogP contribution in [-0.4, -0.2) is 69.0 Å². The number of aromatic nitrogens is 1. The Bertz CT molecular complexity index is 1510. The Hall–Kier alpha value is -3.56. The number of carbonyl (C=O) groups excluding carboxylic acids is 2. The normalized spacial score (nSPS) is 19.8. The van der Waals surface area contributed by atoms with Gasteiger partial charge in [0.15, 0.2) is 15.6 Å². The van der Waals surface area contributed by atoms with Gasteiger partial charge in [-0.05, 0) is 74.3 Å². The molecule has 2 aliphatic rings. The Morgan fingerprint density at radius 3 is 2.30 bits per heavy atom. The molecular weight excluding hydrogens is 524 g/mol. The second-order valence-corrected chi connectivity index (χ2v) is 13.2. The average Bonchev–Trinajstić information content (AvgIpc) is 2.96. The quantitative estimate of drug-likeness (QED) is 0.468. The highest BCUT2D eigenvalue weighted by molar-refractivity contribution is 7.91. The summed E-state index contributed by atoms with van der Waals surface area (Å²) in [6.45, 7) is 7.70. The Morgan fingerprint density at radius 2 is 1.65 bits per heavy atom. The molecule has 0 bridgehead atoms. The number of rotatable bonds is 7. The molecule has 1 saturated heterocycles. The molecule has 1 N–H and O–H groups in total. The van der Waals surface area contributed by atoms with Crippen LogP contribution in [-0.2, 0) is 32.9 Å². The minimum absolute atomic E-state index is 0.0294. The van der Waals surface area contributed by atoms with Gasteiger partial charge in [0, 0.05) is 37.4 Å². The molecule has 1 fully saturated rings. The van der Waals surface area contributed by atoms with E-state index in [9.17, 15) is 18.0 Å². The van der Waals surface area contributed by atoms with Crippen molar-refractivity contribution in [3.8, 4) is 0 Å². The van der Waals surface area contributed by atoms with Crippen LogP contribution in [0.4, 0.5) is 11.5 Å². The number of ketones is 1. The molecule has 0 saturated carbocycles. The molecule has 2 heterocycles. The molecule has 1 aliphatic heterocycles. The number of nitrogens with one attached hydrogen (secondary N) is 1. The number of amides is 1. The lowest BCUT2D eigenvalue weighted by Crippen LogP contribution is -2.44. The van der Waals surface area contributed by atoms with Gasteiger partial charge in [-0.2, -0.15) is 0 Å². The highest BCUT2D eigenvalue weighted by Gasteiger charge is 2.40. The molecule has 0 radical (unpaired) electrons. The summed E-state index contributed by atoms with van der Waals surface area (Å²) in [7, 11) is -1.14. The third kappa shape index (κ3) is 5.67. The van der Waals surface area contributed by atoms with E-state index in [1.165, 1.54) is 17.8 Å². The molecule has 2 aromatic carbocycles. The van der Waals surface area contributed by atoms with Crippen molar-refractivity contribution >= 4 is 33.0 Å². The fourth-order valence-corrected chi connectivity index (χ4v) is 6.37. The molecule has 8 nitrogen and oxygen atoms in total. The standard InChI is InChI=1S/C31H36N4O4S/c1-4-40(38,39)25-11-5-22(6-12-25)21-29(36)33-28-14-13-26-27(32-28)15-16-31(2,30(26)37)23-7-9-24(10-8-23)35-19-17-34(3)18-20-35/h5-14H,4,15-21H2,1-3H3,(H,32,33,36). The minimum atomic E-state index is -3.28. The molecular formula is C31H36N4O4S. The van der Waals surface area contributed by atoms with Gasteiger partial charge in [-0.3, -0.25) is 9.59 Å². The summed E-state index contributed by atoms with van der Waals surface area (Å²) in [5.74, 6) is 0.225. The Labute approximate surface area is 236 Å². The summed E-state index contributed by atoms with van der Waals surface area (Å²) in [6.07, 6.45) is 1.37. The molecule has 3 aromatic rings. The molecule has 0 spiro atoms. The number of piperazine rings is 1. The summed E-state index contributed by atoms with van der Waals surface area (Å²) < 4.78 is 24.0. The summed E-state index contributed by atoms with van der Waals surface area (Å²) in [6, 6.07) is 18.2. The molecule has 9 heteroatoms. The van der Waals surface area contributed by atoms with E-state index in [1.807, 2.05) is 6.92 Å². The molecule has 1 aliphatic carbocycles. The third-order valence-electron chi connectivity index (χ3n) is 8.25. The van der Waals surface area contributed by atoms with Gasteiger partial charge in [0.1, 0.15) is 5.82 Å². The van der Waals surface area contributed by atoms with E-state index in [1.54, 1.807) is 31.2 Å². The zero-order valence-electron chi connectivity index (χ0n) is 23.3. The largest absolute Gasteiger partial charge is 0.369 e. The molecule has 1 unspecified atom stereocenters. The predicted molar refractivity (Wildman–Crippen MR) is 157 cm³/mol. The van der Waals surface area contributed by atoms with Gasteiger partial charge >= 0.3 is 0 Å². The maximum atomic E-state index is 13.7. The summed E-state index contributed by atoms with van der Waals surface area (Å²) >= 11 is 0. The number of nitrogens with zero attached hydrogens (tertiary/aromatic N) is 3. The van der Waals surface area contributed by atoms with Crippen LogP contribution >= 0.6 is 0 Å². The fraction of sp³-hybridized carbons (Fsp3) is 0.387. The van der Waals surface area contributed by atoms with E-state index in [4.69, 9.17) is 0 Å². The summed E-state index contributed by atoms with van der Waals surface area (Å²) in [5.41, 5.74) is 3.57. The minimum Gasteiger partial charge on any atom is -0.369 e. The van der Waals surface area contributed by atoms with Gasteiger partial charge in [-0.25, -0.2) is 13.4 Å². The van der Waals surface area contributed by atoms with Crippen molar-refractivity contribution in [1.29, 1.82) is 0 Å². The van der Waals surface area contributed by atoms with Gasteiger partial charge < -0.3 is 15.1 Å². The molecule has 210 valence electrons. The van der Waals surface area contributed by atoms with E-state index >= 15 is 0 Å². The van der Waals surface area contributed by atoms with Gasteiger partial charge in [0.05, 0.1) is 28.2 Å². The zero-order valence-corrected chi connectivity index (χ0v) is 24.1. The number of fused-ring (bicyclic) bond motifs is 1. The first-order valence-corrected chi connectivity index (χ1v) is 15.4. The number of Topliss-reactive ketones (excluding diaryl/α,β-unsaturated/α-hetero) is 1. The van der Waals surface area contributed by atoms with Crippen LogP contribution < -0.4 is 10.2 Å². The third-order valence-corrected chi connectivity index (χ3v) is 10.00. The van der Waals surface area contributed by atoms with E-state index in [0.29, 0.717) is 35.5 Å². The van der Waals surface area contributed by atoms with Crippen molar-refractivity contribution in [2.75, 3.05) is 49.2 Å². The average molecular weight is 561 g/mol. The molecule has 1 atom stereocenters. The van der Waals surface area contributed by atoms with Crippen molar-refractivity contribution in [2.24, 2.45) is 0 Å². The summed E-state index contributed by atoms with van der Waals surface area (Å²) in [5, 5.41) is 2.82. The lowest BCUT2D eigenvalue weighted by molar-refractivity contribution is -0.115. The lowest BCUT2D eigenvalue weighted by Gasteiger charge is -2.36. The van der Waals surface area contributed by atoms with Gasteiger partial charge in [-0.1, -0.05) is 31.2 Å². The number of hydrogen-bond donors (Lipinski definition) is 1. The Balaban J connectivity index is 1.24. The van der Waals surface area contributed by atoms with Crippen molar-refractivity contribution in [3.05, 3.63) is 83.0 Å². The number of sulfone groups is 1. The maximum Gasteiger partial charge on any atom is 0.229 e. The first-order chi connectivity index (χ1) is 19.1. The maximum absolute atomic E-state index is 13.7. The van der Waals surface area contributed by atoms with Crippen LogP contribution in [0, 0.1) is 0 Å². The predicted octanol–water partition coefficient (Wildman–Crippen LogP) is 3.90. The molecule has 1 amide bonds. The number of aryl methyl sites for hydroxylation is 1. The monoisotopic (exact) mass is 560 g/mol. The van der Waals surface area contributed by atoms with Gasteiger partial charge in [0.2, 0.25) is 5.91 Å². The van der Waals surface area contributed by atoms with Crippen molar-refractivity contribution < 1.29 is 18.0 Å². The van der Waals surface area contributed by atoms with Crippen LogP contribution in [0.5, 0.6) is 0 Å². The first kappa shape index (κ1) is 28.0. The second kappa shape index (κ2) is 11.1. The SMILES string of the molecule is CCS(=O)(=O)c1ccc(CC(=O)Nc2ccc3c(n2)CCC(C)(c2ccc(N4CCN(C)CC4)cc2)C3=O)cc1. The van der Waals surface area contributed by atoms with Crippen LogP contribution in [0.25, 0.3) is 0 Å². The van der Waals surface area contributed by atoms with Crippen LogP contribution in [0.15, 0.2) is 65.6 Å². The number of benzene rings is 2. The fourth-order valence-electron chi connectivity index (χ4n) is 5.48. The van der Waals surface area contributed by atoms with E-state index in [2.05, 4.69) is 51.4 Å². The van der Waals surface area contributed by atoms with E-state index in [-0.39, 0.29) is 28.8 Å². The van der Waals surface area contributed by atoms with Crippen molar-refractivity contribution in [2.45, 2.75) is 43.4 Å². The highest BCUT2D eigenvalue weighted by atomic mass is 32.2. The van der Waals surface area contributed by atoms with Crippen LogP contribution in [0.1, 0.15) is 47.4 Å². The zero-order chi connectivity index (χ0) is 28.5. The number of pyridine rings is 1. The van der Waals surface area contributed by atoms with Gasteiger partial charge in [-0.15, -0.1) is 0 Å². The lowest BCUT2D eigenvalue weighted by atomic mass is 9.69. The number of likely N-dealkylation sites (N-methyl/N-ethyl adjacent to an activating group) is 1. The van der Waals surface area contributed by atoms with Crippen molar-refractivity contribution in [1.82, 2.24) is 9.88 Å². The smallest absolute Gasteiger partial charge is 0.229 e. The van der Waals surface area contributed by atoms with Gasteiger partial charge in [0.25, 0.3) is 0 Å². The number of carbonyl (C=O) groups is 2. The van der Waals surface area contributed by atoms with Crippen LogP contribution in [0.3, 0.4) is 0 Å². The molecule has 1 aromatic heterocycles. The number of anilines is 2. The van der Waals surface area contributed by atoms with Crippen molar-refractivity contribution in [3.63, 3.8) is 0 Å². The Kier molecular flexibility index (Phi) is 7.79.